The fourth-order valence-electron chi connectivity index (χ4n) is 6.03. The molecule has 2 bridgehead atoms. The van der Waals surface area contributed by atoms with Crippen LogP contribution in [0, 0.1) is 0 Å². The van der Waals surface area contributed by atoms with E-state index in [1.165, 1.54) is 12.1 Å². The molecule has 2 saturated heterocycles. The first kappa shape index (κ1) is 20.6. The van der Waals surface area contributed by atoms with E-state index in [0.717, 1.165) is 63.3 Å². The van der Waals surface area contributed by atoms with E-state index in [-0.39, 0.29) is 0 Å². The third-order valence-electron chi connectivity index (χ3n) is 7.76. The van der Waals surface area contributed by atoms with Gasteiger partial charge in [-0.1, -0.05) is 24.3 Å². The maximum atomic E-state index is 5.16. The Bertz CT molecular complexity index is 1770. The second-order valence-electron chi connectivity index (χ2n) is 9.86. The first-order chi connectivity index (χ1) is 18.3. The summed E-state index contributed by atoms with van der Waals surface area (Å²) in [6.07, 6.45) is 8.59. The minimum Gasteiger partial charge on any atom is -0.366 e. The highest BCUT2D eigenvalue weighted by Gasteiger charge is 2.37. The third-order valence-corrected chi connectivity index (χ3v) is 7.76. The Labute approximate surface area is 213 Å². The molecule has 0 saturated carbocycles. The Balaban J connectivity index is 1.35. The fourth-order valence-corrected chi connectivity index (χ4v) is 6.03. The molecular formula is C29H24N8. The minimum atomic E-state index is 0.572. The maximum absolute atomic E-state index is 5.16. The summed E-state index contributed by atoms with van der Waals surface area (Å²) in [5.41, 5.74) is 9.09. The number of rotatable bonds is 4. The lowest BCUT2D eigenvalue weighted by molar-refractivity contribution is 0.580. The zero-order chi connectivity index (χ0) is 24.3. The molecule has 6 aromatic rings. The molecule has 0 amide bonds. The summed E-state index contributed by atoms with van der Waals surface area (Å²) < 4.78 is 1.99. The molecular weight excluding hydrogens is 460 g/mol. The SMILES string of the molecule is c1cc(-c2ccnc3c(-c4cccc5[nH]ncc45)c(-c4ccncc4)nn23)cc(N2C[C@@H]3C[C@H]2CN3)c1. The van der Waals surface area contributed by atoms with Crippen LogP contribution in [0.3, 0.4) is 0 Å². The Hall–Kier alpha value is -4.56. The molecule has 8 nitrogen and oxygen atoms in total. The van der Waals surface area contributed by atoms with Crippen LogP contribution < -0.4 is 10.2 Å². The molecule has 2 aliphatic rings. The van der Waals surface area contributed by atoms with E-state index in [1.807, 2.05) is 41.2 Å². The number of benzene rings is 2. The van der Waals surface area contributed by atoms with Crippen molar-refractivity contribution < 1.29 is 0 Å². The smallest absolute Gasteiger partial charge is 0.164 e. The molecule has 2 N–H and O–H groups in total. The summed E-state index contributed by atoms with van der Waals surface area (Å²) in [6.45, 7) is 2.12. The molecule has 180 valence electrons. The number of nitrogens with one attached hydrogen (secondary N) is 2. The molecule has 2 aromatic carbocycles. The highest BCUT2D eigenvalue weighted by molar-refractivity contribution is 6.02. The lowest BCUT2D eigenvalue weighted by Crippen LogP contribution is -2.43. The molecule has 2 fully saturated rings. The van der Waals surface area contributed by atoms with Crippen molar-refractivity contribution in [2.24, 2.45) is 0 Å². The van der Waals surface area contributed by atoms with Crippen LogP contribution in [0.1, 0.15) is 6.42 Å². The van der Waals surface area contributed by atoms with Crippen molar-refractivity contribution in [2.45, 2.75) is 18.5 Å². The highest BCUT2D eigenvalue weighted by Crippen LogP contribution is 2.39. The number of aromatic amines is 1. The van der Waals surface area contributed by atoms with Crippen molar-refractivity contribution in [1.29, 1.82) is 0 Å². The van der Waals surface area contributed by atoms with Crippen LogP contribution in [0.2, 0.25) is 0 Å². The largest absolute Gasteiger partial charge is 0.366 e. The summed E-state index contributed by atoms with van der Waals surface area (Å²) >= 11 is 0. The first-order valence-corrected chi connectivity index (χ1v) is 12.6. The quantitative estimate of drug-likeness (QED) is 0.382. The van der Waals surface area contributed by atoms with Gasteiger partial charge in [0.25, 0.3) is 0 Å². The Morgan fingerprint density at radius 1 is 0.919 bits per heavy atom. The van der Waals surface area contributed by atoms with Crippen molar-refractivity contribution in [3.05, 3.63) is 85.5 Å². The summed E-state index contributed by atoms with van der Waals surface area (Å²) in [7, 11) is 0. The second kappa shape index (κ2) is 7.97. The van der Waals surface area contributed by atoms with Crippen LogP contribution in [-0.2, 0) is 0 Å². The van der Waals surface area contributed by atoms with Gasteiger partial charge in [0.15, 0.2) is 5.65 Å². The van der Waals surface area contributed by atoms with Crippen molar-refractivity contribution >= 4 is 22.2 Å². The monoisotopic (exact) mass is 484 g/mol. The lowest BCUT2D eigenvalue weighted by atomic mass is 9.99. The normalized spacial score (nSPS) is 18.9. The number of hydrogen-bond donors (Lipinski definition) is 2. The van der Waals surface area contributed by atoms with Crippen LogP contribution >= 0.6 is 0 Å². The van der Waals surface area contributed by atoms with Gasteiger partial charge in [0.2, 0.25) is 0 Å². The molecule has 4 aromatic heterocycles. The summed E-state index contributed by atoms with van der Waals surface area (Å²) in [4.78, 5) is 11.6. The van der Waals surface area contributed by atoms with E-state index < -0.39 is 0 Å². The molecule has 8 rings (SSSR count). The number of anilines is 1. The standard InChI is InChI=1S/C29H24N8/c1-3-19(13-21(4-1)36-17-20-14-22(36)15-32-20)26-9-12-31-29-27(23-5-2-6-25-24(23)16-33-34-25)28(35-37(26)29)18-7-10-30-11-8-18/h1-13,16,20,22,32H,14-15,17H2,(H,33,34)/t20-,22-/m0/s1. The van der Waals surface area contributed by atoms with E-state index in [4.69, 9.17) is 10.1 Å². The molecule has 6 heterocycles. The van der Waals surface area contributed by atoms with Crippen LogP contribution in [0.5, 0.6) is 0 Å². The van der Waals surface area contributed by atoms with Crippen LogP contribution in [-0.4, -0.2) is 55.0 Å². The average Bonchev–Trinajstić information content (AvgIpc) is 3.76. The molecule has 0 spiro atoms. The number of piperazine rings is 1. The summed E-state index contributed by atoms with van der Waals surface area (Å²) in [6, 6.07) is 22.2. The number of hydrogen-bond acceptors (Lipinski definition) is 6. The van der Waals surface area contributed by atoms with Gasteiger partial charge in [0.1, 0.15) is 5.69 Å². The van der Waals surface area contributed by atoms with Crippen LogP contribution in [0.25, 0.3) is 50.2 Å². The number of nitrogens with zero attached hydrogens (tertiary/aromatic N) is 6. The van der Waals surface area contributed by atoms with Crippen LogP contribution in [0.4, 0.5) is 5.69 Å². The predicted molar refractivity (Wildman–Crippen MR) is 144 cm³/mol. The van der Waals surface area contributed by atoms with E-state index in [1.54, 1.807) is 12.4 Å². The van der Waals surface area contributed by atoms with Crippen molar-refractivity contribution in [1.82, 2.24) is 35.1 Å². The van der Waals surface area contributed by atoms with Gasteiger partial charge in [-0.3, -0.25) is 10.1 Å². The van der Waals surface area contributed by atoms with Gasteiger partial charge < -0.3 is 10.2 Å². The van der Waals surface area contributed by atoms with E-state index in [2.05, 4.69) is 61.8 Å². The van der Waals surface area contributed by atoms with Gasteiger partial charge in [-0.2, -0.15) is 10.2 Å². The van der Waals surface area contributed by atoms with Gasteiger partial charge in [-0.15, -0.1) is 0 Å². The van der Waals surface area contributed by atoms with E-state index in [0.29, 0.717) is 12.1 Å². The predicted octanol–water partition coefficient (Wildman–Crippen LogP) is 4.55. The second-order valence-corrected chi connectivity index (χ2v) is 9.86. The fraction of sp³-hybridized carbons (Fsp3) is 0.172. The Morgan fingerprint density at radius 3 is 2.70 bits per heavy atom. The number of pyridine rings is 1. The molecule has 0 aliphatic carbocycles. The van der Waals surface area contributed by atoms with Gasteiger partial charge in [-0.25, -0.2) is 9.50 Å². The minimum absolute atomic E-state index is 0.572. The van der Waals surface area contributed by atoms with Gasteiger partial charge in [0, 0.05) is 66.0 Å². The average molecular weight is 485 g/mol. The molecule has 0 unspecified atom stereocenters. The third kappa shape index (κ3) is 3.19. The zero-order valence-electron chi connectivity index (χ0n) is 20.0. The zero-order valence-corrected chi connectivity index (χ0v) is 20.0. The van der Waals surface area contributed by atoms with E-state index >= 15 is 0 Å². The Morgan fingerprint density at radius 2 is 1.84 bits per heavy atom. The van der Waals surface area contributed by atoms with Gasteiger partial charge in [0.05, 0.1) is 23.0 Å². The topological polar surface area (TPSA) is 87.0 Å². The van der Waals surface area contributed by atoms with Gasteiger partial charge >= 0.3 is 0 Å². The van der Waals surface area contributed by atoms with Crippen molar-refractivity contribution in [3.8, 4) is 33.6 Å². The van der Waals surface area contributed by atoms with Gasteiger partial charge in [-0.05, 0) is 48.4 Å². The molecule has 8 heteroatoms. The number of aromatic nitrogens is 6. The highest BCUT2D eigenvalue weighted by atomic mass is 15.3. The first-order valence-electron chi connectivity index (χ1n) is 12.6. The van der Waals surface area contributed by atoms with Crippen molar-refractivity contribution in [3.63, 3.8) is 0 Å². The molecule has 37 heavy (non-hydrogen) atoms. The molecule has 2 atom stereocenters. The molecule has 0 radical (unpaired) electrons. The number of H-pyrrole nitrogens is 1. The van der Waals surface area contributed by atoms with Crippen molar-refractivity contribution in [2.75, 3.05) is 18.0 Å². The summed E-state index contributed by atoms with van der Waals surface area (Å²) in [5.74, 6) is 0. The number of fused-ring (bicyclic) bond motifs is 4. The summed E-state index contributed by atoms with van der Waals surface area (Å²) in [5, 5.41) is 17.2. The maximum Gasteiger partial charge on any atom is 0.164 e. The Kier molecular flexibility index (Phi) is 4.44. The van der Waals surface area contributed by atoms with E-state index in [9.17, 15) is 0 Å². The lowest BCUT2D eigenvalue weighted by Gasteiger charge is -2.29. The molecule has 2 aliphatic heterocycles. The van der Waals surface area contributed by atoms with Crippen LogP contribution in [0.15, 0.2) is 85.5 Å².